The van der Waals surface area contributed by atoms with Crippen LogP contribution in [0.25, 0.3) is 0 Å². The fourth-order valence-corrected chi connectivity index (χ4v) is 98.0. The molecular weight excluding hydrogens is 1020 g/mol. The molecule has 0 aliphatic heterocycles. The largest absolute Gasteiger partial charge is 1.00 e. The average Bonchev–Trinajstić information content (AvgIpc) is 3.17. The summed E-state index contributed by atoms with van der Waals surface area (Å²) in [7, 11) is -11.2. The van der Waals surface area contributed by atoms with Gasteiger partial charge in [-0.2, -0.15) is 0 Å². The second-order valence-electron chi connectivity index (χ2n) is 37.5. The number of hydrogen-bond donors (Lipinski definition) is 0. The minimum atomic E-state index is -2.74. The normalized spacial score (nSPS) is 15.3. The van der Waals surface area contributed by atoms with E-state index in [1.807, 2.05) is 0 Å². The van der Waals surface area contributed by atoms with E-state index < -0.39 is 44.4 Å². The van der Waals surface area contributed by atoms with Gasteiger partial charge in [0.1, 0.15) is 0 Å². The Labute approximate surface area is 505 Å². The zero-order chi connectivity index (χ0) is 61.1. The van der Waals surface area contributed by atoms with Crippen molar-refractivity contribution >= 4 is 44.7 Å². The Morgan fingerprint density at radius 1 is 0.295 bits per heavy atom. The number of benzene rings is 3. The van der Waals surface area contributed by atoms with Crippen molar-refractivity contribution in [2.75, 3.05) is 0 Å². The molecule has 0 spiro atoms. The van der Waals surface area contributed by atoms with E-state index in [0.717, 1.165) is 0 Å². The molecule has 0 amide bonds. The van der Waals surface area contributed by atoms with Gasteiger partial charge in [0.25, 0.3) is 0 Å². The Hall–Kier alpha value is -0.988. The number of rotatable bonds is 9. The van der Waals surface area contributed by atoms with Crippen molar-refractivity contribution in [2.45, 2.75) is 337 Å². The maximum atomic E-state index is 9.31. The first-order chi connectivity index (χ1) is 33.4. The summed E-state index contributed by atoms with van der Waals surface area (Å²) >= 11 is 0. The fourth-order valence-electron chi connectivity index (χ4n) is 12.7. The Balaban J connectivity index is 0.0000208. The molecule has 0 radical (unpaired) electrons. The molecule has 1 nitrogen and oxygen atoms in total. The van der Waals surface area contributed by atoms with Crippen LogP contribution in [0, 0.1) is 0 Å². The predicted molar refractivity (Wildman–Crippen MR) is 363 cm³/mol. The maximum Gasteiger partial charge on any atom is 1.00 e. The summed E-state index contributed by atoms with van der Waals surface area (Å²) in [5.74, 6) is 0. The summed E-state index contributed by atoms with van der Waals surface area (Å²) in [4.78, 5) is 0. The molecular formula is C71H127LiOSi5. The summed E-state index contributed by atoms with van der Waals surface area (Å²) in [6, 6.07) is 23.9. The van der Waals surface area contributed by atoms with Crippen LogP contribution in [0.3, 0.4) is 0 Å². The van der Waals surface area contributed by atoms with Crippen LogP contribution in [-0.2, 0) is 42.0 Å². The first-order valence-electron chi connectivity index (χ1n) is 30.2. The zero-order valence-corrected chi connectivity index (χ0v) is 64.7. The van der Waals surface area contributed by atoms with Gasteiger partial charge in [-0.1, -0.05) is 358 Å². The molecule has 0 bridgehead atoms. The standard InChI is InChI=1S/C71H127OSi5.Li/c1-59(2,3)50-40-51(60(4,5)6)44-56(43-50)71(57-45-52(61(7,8)9)41-53(46-57)62(10,11)12,58-47-54(63(13,14)15)42-55(48-58)64(16,17)18)49-73(72-75(37,65(19,20)21)66(22,23)24)74(76(38,67(25,26)27)68(28,29)30)77(39,69(31,32)33)70(34,35)36;/h40-49H,1-39H3;/q-1;+1. The van der Waals surface area contributed by atoms with Gasteiger partial charge >= 0.3 is 18.9 Å². The smallest absolute Gasteiger partial charge is 0.628 e. The molecule has 0 saturated heterocycles. The van der Waals surface area contributed by atoms with E-state index in [1.54, 1.807) is 0 Å². The van der Waals surface area contributed by atoms with Crippen LogP contribution in [0.15, 0.2) is 54.6 Å². The van der Waals surface area contributed by atoms with Gasteiger partial charge in [0.05, 0.1) is 5.41 Å². The van der Waals surface area contributed by atoms with Gasteiger partial charge in [0, 0.05) is 8.17 Å². The predicted octanol–water partition coefficient (Wildman–Crippen LogP) is 19.5. The van der Waals surface area contributed by atoms with Crippen LogP contribution in [0.1, 0.15) is 299 Å². The second kappa shape index (κ2) is 22.1. The van der Waals surface area contributed by atoms with Gasteiger partial charge in [-0.25, -0.2) is 7.35 Å². The molecule has 0 unspecified atom stereocenters. The molecule has 0 N–H and O–H groups in total. The SMILES string of the molecule is CC(C)(C)c1cc(C(C)(C)C)cc(C(C=[Si](O[Si](C)(C(C)(C)C)C(C)(C)C)[Si-]([Si](C)(C(C)(C)C)C(C)(C)C)[Si](C)(C(C)(C)C)C(C)(C)C)(c2cc(C(C)(C)C)cc(C(C)(C)C)c2)c2cc(C(C)(C)C)cc(C(C)(C)C)c2)c1.[Li+]. The van der Waals surface area contributed by atoms with E-state index in [1.165, 1.54) is 50.1 Å². The Morgan fingerprint density at radius 2 is 0.462 bits per heavy atom. The van der Waals surface area contributed by atoms with Crippen LogP contribution in [0.4, 0.5) is 0 Å². The molecule has 3 aromatic rings. The van der Waals surface area contributed by atoms with Crippen LogP contribution < -0.4 is 18.9 Å². The molecule has 3 rings (SSSR count). The molecule has 0 heterocycles. The molecule has 0 aliphatic rings. The third-order valence-electron chi connectivity index (χ3n) is 20.1. The van der Waals surface area contributed by atoms with Crippen molar-refractivity contribution < 1.29 is 23.0 Å². The van der Waals surface area contributed by atoms with Crippen LogP contribution in [-0.4, -0.2) is 44.7 Å². The van der Waals surface area contributed by atoms with Crippen LogP contribution in [0.5, 0.6) is 0 Å². The molecule has 0 aliphatic carbocycles. The summed E-state index contributed by atoms with van der Waals surface area (Å²) in [5.41, 5.74) is 14.4. The van der Waals surface area contributed by atoms with Crippen molar-refractivity contribution in [3.05, 3.63) is 105 Å². The molecule has 0 saturated carbocycles. The third-order valence-corrected chi connectivity index (χ3v) is 83.8. The quantitative estimate of drug-likeness (QED) is 0.153. The molecule has 0 fully saturated rings. The molecule has 0 aromatic heterocycles. The fraction of sp³-hybridized carbons (Fsp3) is 0.732. The van der Waals surface area contributed by atoms with Crippen molar-refractivity contribution in [3.8, 4) is 0 Å². The Bertz CT molecular complexity index is 2240. The van der Waals surface area contributed by atoms with Crippen molar-refractivity contribution in [2.24, 2.45) is 0 Å². The van der Waals surface area contributed by atoms with Gasteiger partial charge in [-0.3, -0.25) is 0 Å². The van der Waals surface area contributed by atoms with E-state index in [9.17, 15) is 4.12 Å². The molecule has 438 valence electrons. The van der Waals surface area contributed by atoms with E-state index in [4.69, 9.17) is 0 Å². The second-order valence-corrected chi connectivity index (χ2v) is 72.1. The third kappa shape index (κ3) is 14.4. The van der Waals surface area contributed by atoms with Crippen LogP contribution in [0.2, 0.25) is 49.9 Å². The first kappa shape index (κ1) is 73.1. The summed E-state index contributed by atoms with van der Waals surface area (Å²) in [6.07, 6.45) is 0. The molecule has 7 heteroatoms. The summed E-state index contributed by atoms with van der Waals surface area (Å²) in [6.45, 7) is 99.9. The number of hydrogen-bond acceptors (Lipinski definition) is 1. The average molecular weight is 1140 g/mol. The summed E-state index contributed by atoms with van der Waals surface area (Å²) in [5, 5.41) is 0.259. The minimum Gasteiger partial charge on any atom is -0.628 e. The van der Waals surface area contributed by atoms with Crippen LogP contribution >= 0.6 is 0 Å². The van der Waals surface area contributed by atoms with Gasteiger partial charge in [-0.15, -0.1) is 0 Å². The maximum absolute atomic E-state index is 9.31. The van der Waals surface area contributed by atoms with Gasteiger partial charge in [0.15, 0.2) is 0 Å². The van der Waals surface area contributed by atoms with Gasteiger partial charge in [-0.05, 0) is 99.2 Å². The van der Waals surface area contributed by atoms with E-state index in [2.05, 4.69) is 329 Å². The van der Waals surface area contributed by atoms with Crippen molar-refractivity contribution in [1.82, 2.24) is 0 Å². The molecule has 3 aromatic carbocycles. The minimum absolute atomic E-state index is 0. The zero-order valence-electron chi connectivity index (χ0n) is 59.7. The van der Waals surface area contributed by atoms with Crippen molar-refractivity contribution in [3.63, 3.8) is 0 Å². The molecule has 78 heavy (non-hydrogen) atoms. The van der Waals surface area contributed by atoms with E-state index in [0.29, 0.717) is 0 Å². The van der Waals surface area contributed by atoms with E-state index in [-0.39, 0.29) is 81.6 Å². The van der Waals surface area contributed by atoms with Gasteiger partial charge in [0.2, 0.25) is 8.32 Å². The monoisotopic (exact) mass is 1140 g/mol. The first-order valence-corrected chi connectivity index (χ1v) is 43.6. The molecule has 0 atom stereocenters. The van der Waals surface area contributed by atoms with Gasteiger partial charge < -0.3 is 4.12 Å². The summed E-state index contributed by atoms with van der Waals surface area (Å²) < 4.78 is 9.31. The Kier molecular flexibility index (Phi) is 20.7. The topological polar surface area (TPSA) is 9.23 Å². The van der Waals surface area contributed by atoms with Crippen molar-refractivity contribution in [1.29, 1.82) is 0 Å². The Morgan fingerprint density at radius 3 is 0.603 bits per heavy atom. The van der Waals surface area contributed by atoms with E-state index >= 15 is 0 Å².